The fourth-order valence-electron chi connectivity index (χ4n) is 11.3. The van der Waals surface area contributed by atoms with Gasteiger partial charge in [-0.2, -0.15) is 0 Å². The van der Waals surface area contributed by atoms with Crippen molar-refractivity contribution in [3.05, 3.63) is 0 Å². The van der Waals surface area contributed by atoms with E-state index in [1.165, 1.54) is 36.4 Å². The van der Waals surface area contributed by atoms with E-state index in [-0.39, 0.29) is 79.4 Å². The van der Waals surface area contributed by atoms with Crippen molar-refractivity contribution in [1.82, 2.24) is 35.4 Å². The van der Waals surface area contributed by atoms with E-state index in [9.17, 15) is 42.0 Å². The van der Waals surface area contributed by atoms with E-state index >= 15 is 0 Å². The molecule has 8 atom stereocenters. The molecule has 7 unspecified atom stereocenters. The van der Waals surface area contributed by atoms with Crippen LogP contribution in [0.5, 0.6) is 0 Å². The second-order valence-corrected chi connectivity index (χ2v) is 22.5. The monoisotopic (exact) mass is 919 g/mol. The third-order valence-electron chi connectivity index (χ3n) is 15.0. The third kappa shape index (κ3) is 10.8. The average molecular weight is 920 g/mol. The molecule has 8 aliphatic rings. The van der Waals surface area contributed by atoms with Gasteiger partial charge in [0.25, 0.3) is 0 Å². The molecule has 5 aliphatic heterocycles. The van der Waals surface area contributed by atoms with E-state index in [0.29, 0.717) is 57.5 Å². The molecule has 3 aliphatic carbocycles. The highest BCUT2D eigenvalue weighted by Gasteiger charge is 2.56. The lowest BCUT2D eigenvalue weighted by Crippen LogP contribution is -2.55. The smallest absolute Gasteiger partial charge is 0.249 e. The Morgan fingerprint density at radius 3 is 2.32 bits per heavy atom. The van der Waals surface area contributed by atoms with Crippen LogP contribution in [0.4, 0.5) is 0 Å². The van der Waals surface area contributed by atoms with Gasteiger partial charge in [-0.3, -0.25) is 49.1 Å². The number of hydrogen-bond donors (Lipinski definition) is 4. The van der Waals surface area contributed by atoms with Gasteiger partial charge in [-0.05, 0) is 76.0 Å². The van der Waals surface area contributed by atoms with Crippen molar-refractivity contribution in [3.63, 3.8) is 0 Å². The van der Waals surface area contributed by atoms with Gasteiger partial charge in [0.2, 0.25) is 51.4 Å². The number of amides is 7. The number of sulfonamides is 1. The minimum atomic E-state index is -3.43. The predicted molar refractivity (Wildman–Crippen MR) is 229 cm³/mol. The number of piperidine rings is 1. The fourth-order valence-corrected chi connectivity index (χ4v) is 13.4. The molecular formula is C43H65N7O11S2. The van der Waals surface area contributed by atoms with E-state index in [0.717, 1.165) is 49.0 Å². The summed E-state index contributed by atoms with van der Waals surface area (Å²) in [6.07, 6.45) is 12.4. The molecule has 20 heteroatoms. The Balaban J connectivity index is 0.761. The van der Waals surface area contributed by atoms with E-state index in [4.69, 9.17) is 9.47 Å². The fraction of sp³-hybridized carbons (Fsp3) is 0.837. The van der Waals surface area contributed by atoms with Gasteiger partial charge in [-0.1, -0.05) is 25.7 Å². The van der Waals surface area contributed by atoms with E-state index < -0.39 is 63.7 Å². The molecule has 8 fully saturated rings. The summed E-state index contributed by atoms with van der Waals surface area (Å²) in [7, 11) is -3.43. The van der Waals surface area contributed by atoms with Crippen LogP contribution in [0, 0.1) is 41.4 Å². The maximum atomic E-state index is 13.7. The maximum absolute atomic E-state index is 13.7. The summed E-state index contributed by atoms with van der Waals surface area (Å²) in [4.78, 5) is 94.6. The molecule has 4 N–H and O–H groups in total. The van der Waals surface area contributed by atoms with Crippen LogP contribution in [0.25, 0.3) is 0 Å². The van der Waals surface area contributed by atoms with Crippen molar-refractivity contribution in [2.45, 2.75) is 126 Å². The number of fused-ring (bicyclic) bond motifs is 1. The molecule has 8 rings (SSSR count). The molecule has 63 heavy (non-hydrogen) atoms. The lowest BCUT2D eigenvalue weighted by Gasteiger charge is -2.43. The zero-order valence-electron chi connectivity index (χ0n) is 36.3. The number of thioether (sulfide) groups is 1. The van der Waals surface area contributed by atoms with Crippen LogP contribution >= 0.6 is 11.8 Å². The number of rotatable bonds is 15. The lowest BCUT2D eigenvalue weighted by molar-refractivity contribution is -0.152. The number of carbonyl (C=O) groups is 7. The Kier molecular flexibility index (Phi) is 14.8. The Morgan fingerprint density at radius 2 is 1.60 bits per heavy atom. The second kappa shape index (κ2) is 20.1. The molecule has 5 saturated heterocycles. The van der Waals surface area contributed by atoms with Crippen LogP contribution in [0.1, 0.15) is 96.3 Å². The Bertz CT molecular complexity index is 1870. The highest BCUT2D eigenvalue weighted by atomic mass is 32.2. The van der Waals surface area contributed by atoms with Crippen molar-refractivity contribution >= 4 is 63.1 Å². The van der Waals surface area contributed by atoms with Gasteiger partial charge >= 0.3 is 0 Å². The molecular weight excluding hydrogens is 855 g/mol. The van der Waals surface area contributed by atoms with Gasteiger partial charge in [0, 0.05) is 62.8 Å². The predicted octanol–water partition coefficient (Wildman–Crippen LogP) is 0.695. The average Bonchev–Trinajstić information content (AvgIpc) is 4.00. The molecule has 0 radical (unpaired) electrons. The van der Waals surface area contributed by atoms with Gasteiger partial charge in [-0.25, -0.2) is 12.7 Å². The zero-order chi connectivity index (χ0) is 44.4. The van der Waals surface area contributed by atoms with Crippen LogP contribution in [0.3, 0.4) is 0 Å². The van der Waals surface area contributed by atoms with Gasteiger partial charge < -0.3 is 25.0 Å². The summed E-state index contributed by atoms with van der Waals surface area (Å²) in [5.74, 6) is -2.32. The molecule has 18 nitrogen and oxygen atoms in total. The van der Waals surface area contributed by atoms with Crippen molar-refractivity contribution in [2.75, 3.05) is 58.0 Å². The first-order valence-electron chi connectivity index (χ1n) is 23.4. The second-order valence-electron chi connectivity index (χ2n) is 19.4. The number of hydrogen-bond acceptors (Lipinski definition) is 13. The van der Waals surface area contributed by atoms with E-state index in [1.54, 1.807) is 11.8 Å². The molecule has 0 aromatic heterocycles. The highest BCUT2D eigenvalue weighted by molar-refractivity contribution is 8.00. The molecule has 0 bridgehead atoms. The summed E-state index contributed by atoms with van der Waals surface area (Å²) < 4.78 is 37.9. The summed E-state index contributed by atoms with van der Waals surface area (Å²) in [5.41, 5.74) is -0.271. The molecule has 3 saturated carbocycles. The van der Waals surface area contributed by atoms with E-state index in [2.05, 4.69) is 21.3 Å². The largest absolute Gasteiger partial charge is 0.378 e. The summed E-state index contributed by atoms with van der Waals surface area (Å²) >= 11 is 1.66. The molecule has 5 heterocycles. The quantitative estimate of drug-likeness (QED) is 0.166. The van der Waals surface area contributed by atoms with Crippen LogP contribution in [-0.2, 0) is 53.1 Å². The molecule has 0 spiro atoms. The van der Waals surface area contributed by atoms with Crippen LogP contribution in [0.15, 0.2) is 0 Å². The molecule has 350 valence electrons. The van der Waals surface area contributed by atoms with E-state index in [1.807, 2.05) is 4.90 Å². The Morgan fingerprint density at radius 1 is 0.841 bits per heavy atom. The maximum Gasteiger partial charge on any atom is 0.249 e. The normalized spacial score (nSPS) is 34.1. The first-order chi connectivity index (χ1) is 30.2. The topological polar surface area (TPSA) is 230 Å². The zero-order valence-corrected chi connectivity index (χ0v) is 38.0. The lowest BCUT2D eigenvalue weighted by atomic mass is 9.78. The van der Waals surface area contributed by atoms with Gasteiger partial charge in [0.1, 0.15) is 17.6 Å². The number of nitrogens with zero attached hydrogens (tertiary/aromatic N) is 3. The number of ether oxygens (including phenoxy) is 2. The number of nitrogens with one attached hydrogen (secondary N) is 4. The third-order valence-corrected chi connectivity index (χ3v) is 17.4. The minimum Gasteiger partial charge on any atom is -0.378 e. The SMILES string of the molecule is CS(=O)(=O)N1CCC(C(=O)N[C@@H](COCC2CCC(C(=O)N3CC(COC4CCCC5C(=O)N(C6CCC(=O)NC6=O)C(=O)C45)C3)CC2)C(=O)NC2NC(C3CCCCC3)CS2)C1. The summed E-state index contributed by atoms with van der Waals surface area (Å²) in [6.45, 7) is 2.21. The Labute approximate surface area is 374 Å². The Hall–Kier alpha value is -3.17. The molecule has 0 aromatic carbocycles. The van der Waals surface area contributed by atoms with Crippen molar-refractivity contribution < 1.29 is 51.5 Å². The minimum absolute atomic E-state index is 0.0234. The first-order valence-corrected chi connectivity index (χ1v) is 26.3. The first kappa shape index (κ1) is 46.4. The van der Waals surface area contributed by atoms with Gasteiger partial charge in [-0.15, -0.1) is 11.8 Å². The highest BCUT2D eigenvalue weighted by Crippen LogP contribution is 2.42. The van der Waals surface area contributed by atoms with Crippen LogP contribution in [-0.4, -0.2) is 152 Å². The molecule has 0 aromatic rings. The number of imide groups is 2. The van der Waals surface area contributed by atoms with Crippen molar-refractivity contribution in [3.8, 4) is 0 Å². The van der Waals surface area contributed by atoms with Crippen molar-refractivity contribution in [2.24, 2.45) is 41.4 Å². The molecule has 7 amide bonds. The van der Waals surface area contributed by atoms with Crippen LogP contribution in [0.2, 0.25) is 0 Å². The van der Waals surface area contributed by atoms with Gasteiger partial charge in [0.15, 0.2) is 0 Å². The summed E-state index contributed by atoms with van der Waals surface area (Å²) in [5, 5.41) is 11.8. The standard InChI is InChI=1S/C43H65N7O11S2/c1-63(58,59)49-17-16-29(20-49)37(52)44-31(38(53)47-43-45-32(24-62-43)27-6-3-2-4-7-27)23-60-21-25-10-12-28(13-11-25)40(55)48-18-26(19-48)22-61-34-9-5-8-30-36(34)42(57)50(41(30)56)33-14-15-35(51)46-39(33)54/h25-34,36,43,45H,2-24H2,1H3,(H,44,52)(H,47,53)(H,46,51,54)/t25?,28?,29?,30?,31-,32?,33?,34?,36?,43?/m0/s1. The summed E-state index contributed by atoms with van der Waals surface area (Å²) in [6, 6.07) is -1.58. The number of carbonyl (C=O) groups excluding carboxylic acids is 7. The van der Waals surface area contributed by atoms with Crippen LogP contribution < -0.4 is 21.3 Å². The van der Waals surface area contributed by atoms with Gasteiger partial charge in [0.05, 0.1) is 43.3 Å². The number of likely N-dealkylation sites (tertiary alicyclic amines) is 2. The van der Waals surface area contributed by atoms with Crippen molar-refractivity contribution in [1.29, 1.82) is 0 Å².